The summed E-state index contributed by atoms with van der Waals surface area (Å²) < 4.78 is 20.1. The third kappa shape index (κ3) is 3.85. The van der Waals surface area contributed by atoms with E-state index in [9.17, 15) is 9.18 Å². The molecule has 1 aromatic carbocycles. The summed E-state index contributed by atoms with van der Waals surface area (Å²) in [5.74, 6) is -0.424. The Bertz CT molecular complexity index is 874. The fourth-order valence-corrected chi connectivity index (χ4v) is 2.86. The molecule has 6 heteroatoms. The maximum atomic E-state index is 13.2. The minimum absolute atomic E-state index is 0.0819. The van der Waals surface area contributed by atoms with Gasteiger partial charge in [0.1, 0.15) is 18.0 Å². The summed E-state index contributed by atoms with van der Waals surface area (Å²) in [5.41, 5.74) is 2.37. The fraction of sp³-hybridized carbons (Fsp3) is 0.263. The molecule has 1 N–H and O–H groups in total. The van der Waals surface area contributed by atoms with Crippen LogP contribution in [0.25, 0.3) is 22.3 Å². The number of nitrogens with one attached hydrogen (secondary N) is 1. The number of benzene rings is 1. The third-order valence-corrected chi connectivity index (χ3v) is 3.92. The van der Waals surface area contributed by atoms with Gasteiger partial charge < -0.3 is 14.6 Å². The molecule has 0 spiro atoms. The van der Waals surface area contributed by atoms with Crippen molar-refractivity contribution in [3.05, 3.63) is 54.5 Å². The molecule has 0 saturated carbocycles. The third-order valence-electron chi connectivity index (χ3n) is 3.92. The number of nitrogens with zero attached hydrogens (tertiary/aromatic N) is 2. The Morgan fingerprint density at radius 1 is 1.32 bits per heavy atom. The van der Waals surface area contributed by atoms with Gasteiger partial charge in [-0.3, -0.25) is 4.79 Å². The summed E-state index contributed by atoms with van der Waals surface area (Å²) in [6, 6.07) is 11.9. The summed E-state index contributed by atoms with van der Waals surface area (Å²) in [6.07, 6.45) is 1.69. The van der Waals surface area contributed by atoms with Crippen LogP contribution in [0.3, 0.4) is 0 Å². The van der Waals surface area contributed by atoms with Crippen LogP contribution < -0.4 is 5.32 Å². The van der Waals surface area contributed by atoms with Crippen LogP contribution in [0, 0.1) is 5.82 Å². The van der Waals surface area contributed by atoms with Gasteiger partial charge in [-0.25, -0.2) is 9.37 Å². The zero-order valence-electron chi connectivity index (χ0n) is 14.2. The lowest BCUT2D eigenvalue weighted by molar-refractivity contribution is -0.122. The molecule has 130 valence electrons. The van der Waals surface area contributed by atoms with Crippen molar-refractivity contribution in [2.45, 2.75) is 19.5 Å². The SMILES string of the molecule is COCC(C)NC(=O)Cn1c(-c2ccc(F)cc2)cc2cccnc21. The number of methoxy groups -OCH3 is 1. The Hall–Kier alpha value is -2.73. The van der Waals surface area contributed by atoms with E-state index in [0.29, 0.717) is 6.61 Å². The van der Waals surface area contributed by atoms with Crippen LogP contribution in [0.4, 0.5) is 4.39 Å². The number of hydrogen-bond donors (Lipinski definition) is 1. The van der Waals surface area contributed by atoms with Gasteiger partial charge in [-0.2, -0.15) is 0 Å². The van der Waals surface area contributed by atoms with E-state index in [1.54, 1.807) is 25.4 Å². The van der Waals surface area contributed by atoms with E-state index >= 15 is 0 Å². The summed E-state index contributed by atoms with van der Waals surface area (Å²) in [6.45, 7) is 2.46. The fourth-order valence-electron chi connectivity index (χ4n) is 2.86. The minimum Gasteiger partial charge on any atom is -0.383 e. The molecule has 1 unspecified atom stereocenters. The number of hydrogen-bond acceptors (Lipinski definition) is 3. The summed E-state index contributed by atoms with van der Waals surface area (Å²) >= 11 is 0. The van der Waals surface area contributed by atoms with Crippen LogP contribution in [-0.4, -0.2) is 35.2 Å². The first kappa shape index (κ1) is 17.1. The van der Waals surface area contributed by atoms with Crippen molar-refractivity contribution in [2.75, 3.05) is 13.7 Å². The van der Waals surface area contributed by atoms with Crippen LogP contribution in [-0.2, 0) is 16.1 Å². The molecule has 0 saturated heterocycles. The molecule has 1 amide bonds. The van der Waals surface area contributed by atoms with E-state index in [4.69, 9.17) is 4.74 Å². The quantitative estimate of drug-likeness (QED) is 0.750. The zero-order chi connectivity index (χ0) is 17.8. The number of ether oxygens (including phenoxy) is 1. The van der Waals surface area contributed by atoms with Crippen molar-refractivity contribution >= 4 is 16.9 Å². The molecule has 0 fully saturated rings. The number of amides is 1. The van der Waals surface area contributed by atoms with Gasteiger partial charge in [0, 0.05) is 24.7 Å². The number of carbonyl (C=O) groups is 1. The van der Waals surface area contributed by atoms with E-state index < -0.39 is 0 Å². The molecule has 0 bridgehead atoms. The van der Waals surface area contributed by atoms with Crippen LogP contribution >= 0.6 is 0 Å². The Balaban J connectivity index is 1.96. The van der Waals surface area contributed by atoms with Crippen LogP contribution in [0.15, 0.2) is 48.7 Å². The number of halogens is 1. The predicted octanol–water partition coefficient (Wildman–Crippen LogP) is 2.99. The largest absolute Gasteiger partial charge is 0.383 e. The number of pyridine rings is 1. The predicted molar refractivity (Wildman–Crippen MR) is 94.6 cm³/mol. The smallest absolute Gasteiger partial charge is 0.240 e. The molecule has 25 heavy (non-hydrogen) atoms. The lowest BCUT2D eigenvalue weighted by atomic mass is 10.1. The molecule has 2 aromatic heterocycles. The Morgan fingerprint density at radius 3 is 2.80 bits per heavy atom. The average Bonchev–Trinajstić information content (AvgIpc) is 2.94. The molecule has 0 aliphatic heterocycles. The maximum Gasteiger partial charge on any atom is 0.240 e. The number of aromatic nitrogens is 2. The van der Waals surface area contributed by atoms with E-state index in [1.165, 1.54) is 12.1 Å². The van der Waals surface area contributed by atoms with Gasteiger partial charge in [0.2, 0.25) is 5.91 Å². The van der Waals surface area contributed by atoms with E-state index in [0.717, 1.165) is 22.3 Å². The van der Waals surface area contributed by atoms with Gasteiger partial charge in [-0.05, 0) is 55.0 Å². The van der Waals surface area contributed by atoms with Crippen LogP contribution in [0.1, 0.15) is 6.92 Å². The first-order chi connectivity index (χ1) is 12.1. The molecule has 2 heterocycles. The van der Waals surface area contributed by atoms with Gasteiger partial charge in [-0.15, -0.1) is 0 Å². The second-order valence-corrected chi connectivity index (χ2v) is 5.96. The van der Waals surface area contributed by atoms with Crippen molar-refractivity contribution in [1.82, 2.24) is 14.9 Å². The Kier molecular flexibility index (Phi) is 5.09. The Morgan fingerprint density at radius 2 is 2.08 bits per heavy atom. The van der Waals surface area contributed by atoms with Crippen molar-refractivity contribution in [1.29, 1.82) is 0 Å². The van der Waals surface area contributed by atoms with Gasteiger partial charge in [0.15, 0.2) is 0 Å². The van der Waals surface area contributed by atoms with Crippen molar-refractivity contribution in [3.63, 3.8) is 0 Å². The highest BCUT2D eigenvalue weighted by Crippen LogP contribution is 2.27. The highest BCUT2D eigenvalue weighted by molar-refractivity contribution is 5.87. The first-order valence-corrected chi connectivity index (χ1v) is 8.07. The second-order valence-electron chi connectivity index (χ2n) is 5.96. The molecular formula is C19H20FN3O2. The first-order valence-electron chi connectivity index (χ1n) is 8.07. The normalized spacial score (nSPS) is 12.3. The maximum absolute atomic E-state index is 13.2. The molecule has 0 aliphatic rings. The topological polar surface area (TPSA) is 56.1 Å². The monoisotopic (exact) mass is 341 g/mol. The molecule has 3 rings (SSSR count). The van der Waals surface area contributed by atoms with Gasteiger partial charge in [0.25, 0.3) is 0 Å². The van der Waals surface area contributed by atoms with Crippen LogP contribution in [0.5, 0.6) is 0 Å². The molecule has 0 aliphatic carbocycles. The molecular weight excluding hydrogens is 321 g/mol. The lowest BCUT2D eigenvalue weighted by Gasteiger charge is -2.15. The van der Waals surface area contributed by atoms with Crippen molar-refractivity contribution in [3.8, 4) is 11.3 Å². The molecule has 1 atom stereocenters. The van der Waals surface area contributed by atoms with E-state index in [-0.39, 0.29) is 24.3 Å². The molecule has 0 radical (unpaired) electrons. The number of fused-ring (bicyclic) bond motifs is 1. The van der Waals surface area contributed by atoms with Gasteiger partial charge in [-0.1, -0.05) is 0 Å². The highest BCUT2D eigenvalue weighted by Gasteiger charge is 2.15. The van der Waals surface area contributed by atoms with Gasteiger partial charge >= 0.3 is 0 Å². The number of rotatable bonds is 6. The average molecular weight is 341 g/mol. The summed E-state index contributed by atoms with van der Waals surface area (Å²) in [4.78, 5) is 16.8. The van der Waals surface area contributed by atoms with Crippen molar-refractivity contribution < 1.29 is 13.9 Å². The highest BCUT2D eigenvalue weighted by atomic mass is 19.1. The van der Waals surface area contributed by atoms with Gasteiger partial charge in [0.05, 0.1) is 12.3 Å². The van der Waals surface area contributed by atoms with Crippen molar-refractivity contribution in [2.24, 2.45) is 0 Å². The van der Waals surface area contributed by atoms with Crippen LogP contribution in [0.2, 0.25) is 0 Å². The lowest BCUT2D eigenvalue weighted by Crippen LogP contribution is -2.37. The zero-order valence-corrected chi connectivity index (χ0v) is 14.2. The van der Waals surface area contributed by atoms with E-state index in [1.807, 2.05) is 29.7 Å². The summed E-state index contributed by atoms with van der Waals surface area (Å²) in [5, 5.41) is 3.83. The Labute approximate surface area is 145 Å². The van der Waals surface area contributed by atoms with E-state index in [2.05, 4.69) is 10.3 Å². The molecule has 5 nitrogen and oxygen atoms in total. The standard InChI is InChI=1S/C19H20FN3O2/c1-13(12-25-2)22-18(24)11-23-17(14-5-7-16(20)8-6-14)10-15-4-3-9-21-19(15)23/h3-10,13H,11-12H2,1-2H3,(H,22,24). The summed E-state index contributed by atoms with van der Waals surface area (Å²) in [7, 11) is 1.60. The molecule has 3 aromatic rings. The number of carbonyl (C=O) groups excluding carboxylic acids is 1. The second kappa shape index (κ2) is 7.44. The minimum atomic E-state index is -0.296.